The molecule has 2 aromatic rings. The number of nitrogen functional groups attached to an aromatic ring is 1. The summed E-state index contributed by atoms with van der Waals surface area (Å²) >= 11 is 0. The number of hydrogen-bond donors (Lipinski definition) is 1. The minimum Gasteiger partial charge on any atom is -0.399 e. The number of rotatable bonds is 3. The number of anilines is 1. The van der Waals surface area contributed by atoms with Gasteiger partial charge in [0.1, 0.15) is 0 Å². The van der Waals surface area contributed by atoms with Gasteiger partial charge in [-0.25, -0.2) is 0 Å². The maximum atomic E-state index is 11.6. The van der Waals surface area contributed by atoms with E-state index in [4.69, 9.17) is 5.73 Å². The topological polar surface area (TPSA) is 56.0 Å². The number of carbonyl (C=O) groups is 1. The minimum absolute atomic E-state index is 0.101. The highest BCUT2D eigenvalue weighted by Crippen LogP contribution is 2.13. The number of hydrogen-bond acceptors (Lipinski definition) is 3. The van der Waals surface area contributed by atoms with Gasteiger partial charge in [-0.1, -0.05) is 19.9 Å². The number of ketones is 1. The van der Waals surface area contributed by atoms with Crippen LogP contribution in [0.2, 0.25) is 0 Å². The number of carbonyl (C=O) groups excluding carboxylic acids is 1. The average Bonchev–Trinajstić information content (AvgIpc) is 2.48. The molecule has 0 saturated heterocycles. The van der Waals surface area contributed by atoms with Crippen molar-refractivity contribution in [2.75, 3.05) is 5.73 Å². The van der Waals surface area contributed by atoms with Gasteiger partial charge in [0.2, 0.25) is 0 Å². The van der Waals surface area contributed by atoms with Gasteiger partial charge >= 0.3 is 0 Å². The van der Waals surface area contributed by atoms with Crippen LogP contribution < -0.4 is 5.73 Å². The normalized spacial score (nSPS) is 11.2. The summed E-state index contributed by atoms with van der Waals surface area (Å²) in [6, 6.07) is 12.9. The van der Waals surface area contributed by atoms with Crippen LogP contribution in [0.3, 0.4) is 0 Å². The van der Waals surface area contributed by atoms with Crippen molar-refractivity contribution in [1.82, 2.24) is 4.98 Å². The van der Waals surface area contributed by atoms with Crippen LogP contribution in [0.5, 0.6) is 0 Å². The Morgan fingerprint density at radius 1 is 1.20 bits per heavy atom. The molecule has 0 aliphatic heterocycles. The number of benzene rings is 1. The molecule has 0 saturated carbocycles. The van der Waals surface area contributed by atoms with E-state index in [0.29, 0.717) is 5.69 Å². The zero-order valence-electron chi connectivity index (χ0n) is 12.3. The quantitative estimate of drug-likeness (QED) is 0.680. The van der Waals surface area contributed by atoms with E-state index < -0.39 is 0 Å². The molecule has 3 nitrogen and oxygen atoms in total. The first-order chi connectivity index (χ1) is 9.54. The molecule has 0 amide bonds. The Balaban J connectivity index is 0.000000240. The van der Waals surface area contributed by atoms with Crippen LogP contribution in [0, 0.1) is 12.8 Å². The summed E-state index contributed by atoms with van der Waals surface area (Å²) in [5.41, 5.74) is 8.04. The van der Waals surface area contributed by atoms with Gasteiger partial charge in [0.15, 0.2) is 5.78 Å². The summed E-state index contributed by atoms with van der Waals surface area (Å²) in [7, 11) is 0. The molecule has 0 radical (unpaired) electrons. The number of aryl methyl sites for hydroxylation is 1. The first-order valence-electron chi connectivity index (χ1n) is 6.82. The summed E-state index contributed by atoms with van der Waals surface area (Å²) in [5, 5.41) is 0. The van der Waals surface area contributed by atoms with Gasteiger partial charge in [-0.3, -0.25) is 9.78 Å². The average molecular weight is 270 g/mol. The molecular formula is C17H22N2O. The Morgan fingerprint density at radius 2 is 1.85 bits per heavy atom. The predicted octanol–water partition coefficient (Wildman–Crippen LogP) is 3.89. The van der Waals surface area contributed by atoms with Gasteiger partial charge in [-0.15, -0.1) is 0 Å². The minimum atomic E-state index is 0.101. The number of aromatic nitrogens is 1. The van der Waals surface area contributed by atoms with Crippen LogP contribution in [0.25, 0.3) is 0 Å². The third kappa shape index (κ3) is 5.22. The first-order valence-corrected chi connectivity index (χ1v) is 6.82. The second kappa shape index (κ2) is 8.10. The molecule has 0 aliphatic rings. The summed E-state index contributed by atoms with van der Waals surface area (Å²) in [5.74, 6) is 0.297. The van der Waals surface area contributed by atoms with Crippen molar-refractivity contribution < 1.29 is 4.79 Å². The van der Waals surface area contributed by atoms with Crippen LogP contribution in [0.4, 0.5) is 5.69 Å². The fraction of sp³-hybridized carbons (Fsp3) is 0.294. The van der Waals surface area contributed by atoms with Gasteiger partial charge in [0, 0.05) is 29.1 Å². The molecule has 3 heteroatoms. The van der Waals surface area contributed by atoms with Crippen LogP contribution in [0.1, 0.15) is 36.3 Å². The Morgan fingerprint density at radius 3 is 2.25 bits per heavy atom. The van der Waals surface area contributed by atoms with Crippen LogP contribution in [-0.2, 0) is 0 Å². The van der Waals surface area contributed by atoms with Crippen molar-refractivity contribution in [3.8, 4) is 0 Å². The molecule has 1 unspecified atom stereocenters. The fourth-order valence-electron chi connectivity index (χ4n) is 1.57. The standard InChI is InChI=1S/C11H15NO.C6H7N/c1-3-8(2)11(13)9-4-6-10(12)7-5-9;1-6-4-2-3-5-7-6/h4-8H,3,12H2,1-2H3;2-5H,1H3. The van der Waals surface area contributed by atoms with E-state index in [0.717, 1.165) is 17.7 Å². The van der Waals surface area contributed by atoms with E-state index in [-0.39, 0.29) is 11.7 Å². The monoisotopic (exact) mass is 270 g/mol. The van der Waals surface area contributed by atoms with Crippen LogP contribution >= 0.6 is 0 Å². The lowest BCUT2D eigenvalue weighted by Gasteiger charge is -2.06. The molecule has 2 rings (SSSR count). The van der Waals surface area contributed by atoms with Crippen molar-refractivity contribution >= 4 is 11.5 Å². The molecule has 0 aliphatic carbocycles. The lowest BCUT2D eigenvalue weighted by atomic mass is 9.97. The molecular weight excluding hydrogens is 248 g/mol. The largest absolute Gasteiger partial charge is 0.399 e. The molecule has 0 spiro atoms. The van der Waals surface area contributed by atoms with Crippen molar-refractivity contribution in [3.05, 3.63) is 59.9 Å². The predicted molar refractivity (Wildman–Crippen MR) is 83.6 cm³/mol. The summed E-state index contributed by atoms with van der Waals surface area (Å²) < 4.78 is 0. The van der Waals surface area contributed by atoms with Gasteiger partial charge in [0.05, 0.1) is 0 Å². The fourth-order valence-corrected chi connectivity index (χ4v) is 1.57. The smallest absolute Gasteiger partial charge is 0.165 e. The molecule has 2 N–H and O–H groups in total. The zero-order valence-corrected chi connectivity index (χ0v) is 12.3. The summed E-state index contributed by atoms with van der Waals surface area (Å²) in [6.07, 6.45) is 2.67. The third-order valence-electron chi connectivity index (χ3n) is 3.07. The van der Waals surface area contributed by atoms with E-state index in [1.54, 1.807) is 30.5 Å². The lowest BCUT2D eigenvalue weighted by molar-refractivity contribution is 0.0927. The number of Topliss-reactive ketones (excluding diaryl/α,β-unsaturated/α-hetero) is 1. The van der Waals surface area contributed by atoms with E-state index >= 15 is 0 Å². The molecule has 20 heavy (non-hydrogen) atoms. The van der Waals surface area contributed by atoms with Gasteiger partial charge in [0.25, 0.3) is 0 Å². The number of nitrogens with zero attached hydrogens (tertiary/aromatic N) is 1. The number of pyridine rings is 1. The lowest BCUT2D eigenvalue weighted by Crippen LogP contribution is -2.09. The highest BCUT2D eigenvalue weighted by Gasteiger charge is 2.12. The van der Waals surface area contributed by atoms with Crippen LogP contribution in [-0.4, -0.2) is 10.8 Å². The molecule has 106 valence electrons. The van der Waals surface area contributed by atoms with Gasteiger partial charge in [-0.2, -0.15) is 0 Å². The van der Waals surface area contributed by atoms with Crippen LogP contribution in [0.15, 0.2) is 48.7 Å². The maximum Gasteiger partial charge on any atom is 0.165 e. The highest BCUT2D eigenvalue weighted by molar-refractivity contribution is 5.97. The second-order valence-corrected chi connectivity index (χ2v) is 4.77. The number of nitrogens with two attached hydrogens (primary N) is 1. The van der Waals surface area contributed by atoms with E-state index in [1.165, 1.54) is 0 Å². The molecule has 0 bridgehead atoms. The van der Waals surface area contributed by atoms with Gasteiger partial charge < -0.3 is 5.73 Å². The SMILES string of the molecule is CCC(C)C(=O)c1ccc(N)cc1.Cc1ccccn1. The third-order valence-corrected chi connectivity index (χ3v) is 3.07. The van der Waals surface area contributed by atoms with Crippen molar-refractivity contribution in [2.45, 2.75) is 27.2 Å². The van der Waals surface area contributed by atoms with Crippen molar-refractivity contribution in [1.29, 1.82) is 0 Å². The molecule has 0 fully saturated rings. The first kappa shape index (κ1) is 15.9. The molecule has 1 heterocycles. The van der Waals surface area contributed by atoms with E-state index in [9.17, 15) is 4.79 Å². The van der Waals surface area contributed by atoms with Crippen molar-refractivity contribution in [2.24, 2.45) is 5.92 Å². The second-order valence-electron chi connectivity index (χ2n) is 4.77. The Kier molecular flexibility index (Phi) is 6.44. The van der Waals surface area contributed by atoms with E-state index in [2.05, 4.69) is 4.98 Å². The zero-order chi connectivity index (χ0) is 15.0. The summed E-state index contributed by atoms with van der Waals surface area (Å²) in [6.45, 7) is 5.93. The Bertz CT molecular complexity index is 520. The van der Waals surface area contributed by atoms with Crippen molar-refractivity contribution in [3.63, 3.8) is 0 Å². The molecule has 1 aromatic carbocycles. The summed E-state index contributed by atoms with van der Waals surface area (Å²) in [4.78, 5) is 15.6. The molecule has 1 aromatic heterocycles. The Hall–Kier alpha value is -2.16. The van der Waals surface area contributed by atoms with E-state index in [1.807, 2.05) is 39.0 Å². The maximum absolute atomic E-state index is 11.6. The highest BCUT2D eigenvalue weighted by atomic mass is 16.1. The van der Waals surface area contributed by atoms with Gasteiger partial charge in [-0.05, 0) is 49.7 Å². The molecule has 1 atom stereocenters. The Labute approximate surface area is 120 Å².